The lowest BCUT2D eigenvalue weighted by Gasteiger charge is -2.02. The Hall–Kier alpha value is -2.07. The third kappa shape index (κ3) is 2.75. The van der Waals surface area contributed by atoms with Crippen molar-refractivity contribution in [2.24, 2.45) is 0 Å². The van der Waals surface area contributed by atoms with E-state index in [1.807, 2.05) is 42.5 Å². The van der Waals surface area contributed by atoms with Crippen LogP contribution in [0.3, 0.4) is 0 Å². The summed E-state index contributed by atoms with van der Waals surface area (Å²) in [6.07, 6.45) is 1.95. The van der Waals surface area contributed by atoms with Gasteiger partial charge < -0.3 is 0 Å². The van der Waals surface area contributed by atoms with Gasteiger partial charge in [-0.15, -0.1) is 0 Å². The van der Waals surface area contributed by atoms with Crippen LogP contribution >= 0.6 is 15.9 Å². The molecule has 2 heterocycles. The fourth-order valence-electron chi connectivity index (χ4n) is 1.99. The van der Waals surface area contributed by atoms with Crippen molar-refractivity contribution in [3.05, 3.63) is 70.6 Å². The predicted octanol–water partition coefficient (Wildman–Crippen LogP) is 3.82. The molecule has 0 N–H and O–H groups in total. The van der Waals surface area contributed by atoms with Gasteiger partial charge in [0.15, 0.2) is 5.78 Å². The van der Waals surface area contributed by atoms with E-state index in [9.17, 15) is 4.79 Å². The fourth-order valence-corrected chi connectivity index (χ4v) is 2.22. The number of fused-ring (bicyclic) bond motifs is 1. The molecule has 0 aliphatic heterocycles. The minimum absolute atomic E-state index is 0.0226. The molecule has 3 nitrogen and oxygen atoms in total. The number of carbonyl (C=O) groups is 1. The molecule has 0 aliphatic rings. The summed E-state index contributed by atoms with van der Waals surface area (Å²) in [6, 6.07) is 15.2. The van der Waals surface area contributed by atoms with Crippen LogP contribution in [0.5, 0.6) is 0 Å². The number of rotatable bonds is 3. The third-order valence-electron chi connectivity index (χ3n) is 3.01. The molecule has 3 rings (SSSR count). The largest absolute Gasteiger partial charge is 0.292 e. The Bertz CT molecular complexity index is 769. The smallest absolute Gasteiger partial charge is 0.187 e. The molecule has 0 radical (unpaired) electrons. The fraction of sp³-hybridized carbons (Fsp3) is 0.0625. The second kappa shape index (κ2) is 5.51. The van der Waals surface area contributed by atoms with E-state index in [0.717, 1.165) is 21.1 Å². The zero-order valence-corrected chi connectivity index (χ0v) is 12.2. The van der Waals surface area contributed by atoms with Crippen LogP contribution in [-0.2, 0) is 6.42 Å². The van der Waals surface area contributed by atoms with E-state index in [0.29, 0.717) is 5.69 Å². The molecule has 0 unspecified atom stereocenters. The Kier molecular flexibility index (Phi) is 3.56. The average molecular weight is 327 g/mol. The van der Waals surface area contributed by atoms with Crippen molar-refractivity contribution in [1.82, 2.24) is 9.97 Å². The predicted molar refractivity (Wildman–Crippen MR) is 81.7 cm³/mol. The molecule has 0 atom stereocenters. The summed E-state index contributed by atoms with van der Waals surface area (Å²) in [5.74, 6) is -0.0226. The number of hydrogen-bond donors (Lipinski definition) is 0. The van der Waals surface area contributed by atoms with Gasteiger partial charge in [0.25, 0.3) is 0 Å². The first kappa shape index (κ1) is 12.9. The Morgan fingerprint density at radius 2 is 1.90 bits per heavy atom. The van der Waals surface area contributed by atoms with E-state index >= 15 is 0 Å². The van der Waals surface area contributed by atoms with Crippen LogP contribution in [0.15, 0.2) is 59.2 Å². The van der Waals surface area contributed by atoms with Gasteiger partial charge in [-0.25, -0.2) is 4.98 Å². The van der Waals surface area contributed by atoms with E-state index in [2.05, 4.69) is 25.9 Å². The van der Waals surface area contributed by atoms with Crippen LogP contribution in [-0.4, -0.2) is 15.8 Å². The normalized spacial score (nSPS) is 10.7. The van der Waals surface area contributed by atoms with Gasteiger partial charge in [0, 0.05) is 21.7 Å². The molecule has 4 heteroatoms. The van der Waals surface area contributed by atoms with Crippen molar-refractivity contribution in [2.45, 2.75) is 6.42 Å². The van der Waals surface area contributed by atoms with Crippen LogP contribution in [0.25, 0.3) is 10.9 Å². The number of pyridine rings is 2. The number of carbonyl (C=O) groups excluding carboxylic acids is 1. The number of ketones is 1. The number of benzene rings is 1. The van der Waals surface area contributed by atoms with Crippen LogP contribution in [0.2, 0.25) is 0 Å². The van der Waals surface area contributed by atoms with Crippen LogP contribution in [0.1, 0.15) is 16.2 Å². The van der Waals surface area contributed by atoms with Gasteiger partial charge in [0.1, 0.15) is 5.69 Å². The Balaban J connectivity index is 1.86. The van der Waals surface area contributed by atoms with Gasteiger partial charge in [-0.2, -0.15) is 0 Å². The highest BCUT2D eigenvalue weighted by atomic mass is 79.9. The highest BCUT2D eigenvalue weighted by Gasteiger charge is 2.10. The topological polar surface area (TPSA) is 42.9 Å². The number of para-hydroxylation sites is 1. The van der Waals surface area contributed by atoms with Crippen molar-refractivity contribution in [3.8, 4) is 0 Å². The molecule has 0 bridgehead atoms. The Morgan fingerprint density at radius 3 is 2.70 bits per heavy atom. The first-order valence-electron chi connectivity index (χ1n) is 6.22. The summed E-state index contributed by atoms with van der Waals surface area (Å²) in [7, 11) is 0. The van der Waals surface area contributed by atoms with Gasteiger partial charge >= 0.3 is 0 Å². The van der Waals surface area contributed by atoms with Crippen molar-refractivity contribution < 1.29 is 4.79 Å². The number of Topliss-reactive ketones (excluding diaryl/α,β-unsaturated/α-hetero) is 1. The second-order valence-corrected chi connectivity index (χ2v) is 5.37. The van der Waals surface area contributed by atoms with E-state index in [-0.39, 0.29) is 12.2 Å². The van der Waals surface area contributed by atoms with E-state index in [4.69, 9.17) is 0 Å². The molecular weight excluding hydrogens is 316 g/mol. The van der Waals surface area contributed by atoms with Crippen LogP contribution < -0.4 is 0 Å². The maximum Gasteiger partial charge on any atom is 0.187 e. The van der Waals surface area contributed by atoms with Crippen LogP contribution in [0.4, 0.5) is 0 Å². The van der Waals surface area contributed by atoms with Crippen molar-refractivity contribution in [3.63, 3.8) is 0 Å². The summed E-state index contributed by atoms with van der Waals surface area (Å²) in [5.41, 5.74) is 2.06. The van der Waals surface area contributed by atoms with Crippen molar-refractivity contribution >= 4 is 32.6 Å². The quantitative estimate of drug-likeness (QED) is 0.687. The molecule has 0 spiro atoms. The number of nitrogens with zero attached hydrogens (tertiary/aromatic N) is 2. The molecule has 0 amide bonds. The molecule has 98 valence electrons. The van der Waals surface area contributed by atoms with E-state index in [1.54, 1.807) is 12.3 Å². The van der Waals surface area contributed by atoms with Gasteiger partial charge in [0.2, 0.25) is 0 Å². The summed E-state index contributed by atoms with van der Waals surface area (Å²) >= 11 is 3.32. The SMILES string of the molecule is O=C(Cc1ccc(Br)cn1)c1ccc2ccccc2n1. The van der Waals surface area contributed by atoms with Crippen molar-refractivity contribution in [1.29, 1.82) is 0 Å². The molecule has 0 fully saturated rings. The molecular formula is C16H11BrN2O. The lowest BCUT2D eigenvalue weighted by atomic mass is 10.1. The summed E-state index contributed by atoms with van der Waals surface area (Å²) in [5, 5.41) is 1.03. The first-order chi connectivity index (χ1) is 9.72. The summed E-state index contributed by atoms with van der Waals surface area (Å²) < 4.78 is 0.900. The monoisotopic (exact) mass is 326 g/mol. The lowest BCUT2D eigenvalue weighted by Crippen LogP contribution is -2.07. The van der Waals surface area contributed by atoms with Gasteiger partial charge in [0.05, 0.1) is 11.9 Å². The zero-order chi connectivity index (χ0) is 13.9. The maximum absolute atomic E-state index is 12.2. The highest BCUT2D eigenvalue weighted by Crippen LogP contribution is 2.14. The molecule has 0 aliphatic carbocycles. The summed E-state index contributed by atoms with van der Waals surface area (Å²) in [6.45, 7) is 0. The lowest BCUT2D eigenvalue weighted by molar-refractivity contribution is 0.0987. The summed E-state index contributed by atoms with van der Waals surface area (Å²) in [4.78, 5) is 20.8. The van der Waals surface area contributed by atoms with E-state index in [1.165, 1.54) is 0 Å². The third-order valence-corrected chi connectivity index (χ3v) is 3.48. The molecule has 0 saturated heterocycles. The molecule has 0 saturated carbocycles. The minimum Gasteiger partial charge on any atom is -0.292 e. The highest BCUT2D eigenvalue weighted by molar-refractivity contribution is 9.10. The number of hydrogen-bond acceptors (Lipinski definition) is 3. The minimum atomic E-state index is -0.0226. The van der Waals surface area contributed by atoms with Gasteiger partial charge in [-0.1, -0.05) is 24.3 Å². The number of halogens is 1. The maximum atomic E-state index is 12.2. The molecule has 3 aromatic rings. The standard InChI is InChI=1S/C16H11BrN2O/c17-12-6-7-13(18-10-12)9-16(20)15-8-5-11-3-1-2-4-14(11)19-15/h1-8,10H,9H2. The van der Waals surface area contributed by atoms with Crippen molar-refractivity contribution in [2.75, 3.05) is 0 Å². The van der Waals surface area contributed by atoms with Gasteiger partial charge in [-0.3, -0.25) is 9.78 Å². The molecule has 1 aromatic carbocycles. The second-order valence-electron chi connectivity index (χ2n) is 4.46. The van der Waals surface area contributed by atoms with E-state index < -0.39 is 0 Å². The van der Waals surface area contributed by atoms with Gasteiger partial charge in [-0.05, 0) is 40.2 Å². The number of aromatic nitrogens is 2. The zero-order valence-electron chi connectivity index (χ0n) is 10.6. The van der Waals surface area contributed by atoms with Crippen LogP contribution in [0, 0.1) is 0 Å². The molecule has 2 aromatic heterocycles. The average Bonchev–Trinajstić information content (AvgIpc) is 2.49. The Morgan fingerprint density at radius 1 is 1.05 bits per heavy atom. The Labute approximate surface area is 124 Å². The molecule has 20 heavy (non-hydrogen) atoms. The first-order valence-corrected chi connectivity index (χ1v) is 7.01.